The fourth-order valence-electron chi connectivity index (χ4n) is 3.52. The monoisotopic (exact) mass is 432 g/mol. The van der Waals surface area contributed by atoms with Crippen molar-refractivity contribution in [2.75, 3.05) is 19.3 Å². The normalized spacial score (nSPS) is 15.5. The number of hydrogen-bond donors (Lipinski definition) is 1. The fourth-order valence-corrected chi connectivity index (χ4v) is 5.35. The first-order valence-electron chi connectivity index (χ1n) is 9.94. The van der Waals surface area contributed by atoms with Crippen molar-refractivity contribution in [3.05, 3.63) is 59.2 Å². The van der Waals surface area contributed by atoms with Crippen molar-refractivity contribution in [1.82, 2.24) is 9.62 Å². The second-order valence-electron chi connectivity index (χ2n) is 7.30. The predicted molar refractivity (Wildman–Crippen MR) is 118 cm³/mol. The maximum atomic E-state index is 13.0. The van der Waals surface area contributed by atoms with Gasteiger partial charge in [-0.15, -0.1) is 11.8 Å². The molecule has 1 atom stereocenters. The molecule has 156 valence electrons. The molecule has 1 fully saturated rings. The molecule has 1 amide bonds. The lowest BCUT2D eigenvalue weighted by Gasteiger charge is -2.19. The highest BCUT2D eigenvalue weighted by molar-refractivity contribution is 7.98. The zero-order chi connectivity index (χ0) is 21.0. The second-order valence-corrected chi connectivity index (χ2v) is 9.86. The molecule has 1 aliphatic rings. The molecule has 0 bridgehead atoms. The maximum absolute atomic E-state index is 13.0. The van der Waals surface area contributed by atoms with E-state index in [2.05, 4.69) is 11.6 Å². The van der Waals surface area contributed by atoms with Gasteiger partial charge < -0.3 is 4.90 Å². The summed E-state index contributed by atoms with van der Waals surface area (Å²) in [5.41, 5.74) is 2.57. The second kappa shape index (κ2) is 9.32. The summed E-state index contributed by atoms with van der Waals surface area (Å²) < 4.78 is 28.7. The Morgan fingerprint density at radius 3 is 2.38 bits per heavy atom. The summed E-state index contributed by atoms with van der Waals surface area (Å²) in [6.07, 6.45) is 4.82. The molecule has 0 spiro atoms. The molecule has 3 rings (SSSR count). The van der Waals surface area contributed by atoms with Gasteiger partial charge in [-0.1, -0.05) is 31.2 Å². The number of amides is 1. The van der Waals surface area contributed by atoms with Crippen LogP contribution in [-0.2, 0) is 16.4 Å². The summed E-state index contributed by atoms with van der Waals surface area (Å²) in [7, 11) is -3.76. The molecule has 7 heteroatoms. The van der Waals surface area contributed by atoms with Gasteiger partial charge in [-0.25, -0.2) is 13.1 Å². The van der Waals surface area contributed by atoms with Crippen LogP contribution in [0.25, 0.3) is 0 Å². The molecule has 1 saturated heterocycles. The lowest BCUT2D eigenvalue weighted by Crippen LogP contribution is -2.29. The maximum Gasteiger partial charge on any atom is 0.255 e. The quantitative estimate of drug-likeness (QED) is 0.665. The molecular formula is C22H28N2O3S2. The van der Waals surface area contributed by atoms with Gasteiger partial charge in [0.2, 0.25) is 10.0 Å². The van der Waals surface area contributed by atoms with Crippen molar-refractivity contribution in [3.63, 3.8) is 0 Å². The highest BCUT2D eigenvalue weighted by Gasteiger charge is 2.25. The average Bonchev–Trinajstić information content (AvgIpc) is 3.27. The van der Waals surface area contributed by atoms with E-state index in [4.69, 9.17) is 0 Å². The zero-order valence-corrected chi connectivity index (χ0v) is 18.8. The first kappa shape index (κ1) is 21.9. The van der Waals surface area contributed by atoms with Crippen molar-refractivity contribution >= 4 is 27.7 Å². The molecule has 2 aromatic rings. The summed E-state index contributed by atoms with van der Waals surface area (Å²) in [6.45, 7) is 5.37. The first-order chi connectivity index (χ1) is 13.9. The first-order valence-corrected chi connectivity index (χ1v) is 12.6. The minimum Gasteiger partial charge on any atom is -0.339 e. The van der Waals surface area contributed by atoms with Crippen LogP contribution in [0.2, 0.25) is 0 Å². The van der Waals surface area contributed by atoms with Crippen LogP contribution in [0.3, 0.4) is 0 Å². The Morgan fingerprint density at radius 1 is 1.14 bits per heavy atom. The number of nitrogens with zero attached hydrogens (tertiary/aromatic N) is 1. The Morgan fingerprint density at radius 2 is 1.79 bits per heavy atom. The summed E-state index contributed by atoms with van der Waals surface area (Å²) in [5.74, 6) is -0.0906. The lowest BCUT2D eigenvalue weighted by molar-refractivity contribution is 0.0789. The third-order valence-electron chi connectivity index (χ3n) is 5.32. The van der Waals surface area contributed by atoms with Crippen LogP contribution in [0.1, 0.15) is 54.2 Å². The summed E-state index contributed by atoms with van der Waals surface area (Å²) in [5, 5.41) is 0. The highest BCUT2D eigenvalue weighted by atomic mass is 32.2. The van der Waals surface area contributed by atoms with Crippen molar-refractivity contribution < 1.29 is 13.2 Å². The molecular weight excluding hydrogens is 404 g/mol. The van der Waals surface area contributed by atoms with Crippen LogP contribution in [0.4, 0.5) is 0 Å². The minimum absolute atomic E-state index is 0.0906. The number of hydrogen-bond acceptors (Lipinski definition) is 4. The molecule has 2 aromatic carbocycles. The number of sulfonamides is 1. The molecule has 0 aliphatic carbocycles. The van der Waals surface area contributed by atoms with Crippen LogP contribution in [-0.4, -0.2) is 38.6 Å². The average molecular weight is 433 g/mol. The van der Waals surface area contributed by atoms with Gasteiger partial charge in [-0.3, -0.25) is 4.79 Å². The Bertz CT molecular complexity index is 966. The number of nitrogens with one attached hydrogen (secondary N) is 1. The van der Waals surface area contributed by atoms with Crippen molar-refractivity contribution in [1.29, 1.82) is 0 Å². The molecule has 5 nitrogen and oxygen atoms in total. The standard InChI is InChI=1S/C22H28N2O3S2/c1-4-17-7-9-18(10-8-17)16(2)23-29(26,27)19-11-12-21(28-3)20(15-19)22(25)24-13-5-6-14-24/h7-12,15-16,23H,4-6,13-14H2,1-3H3/t16-/m1/s1. The summed E-state index contributed by atoms with van der Waals surface area (Å²) in [6, 6.07) is 12.4. The van der Waals surface area contributed by atoms with E-state index in [1.165, 1.54) is 23.4 Å². The number of aryl methyl sites for hydroxylation is 1. The number of rotatable bonds is 7. The van der Waals surface area contributed by atoms with E-state index in [1.54, 1.807) is 17.0 Å². The van der Waals surface area contributed by atoms with Gasteiger partial charge >= 0.3 is 0 Å². The third kappa shape index (κ3) is 5.02. The lowest BCUT2D eigenvalue weighted by atomic mass is 10.1. The highest BCUT2D eigenvalue weighted by Crippen LogP contribution is 2.27. The third-order valence-corrected chi connectivity index (χ3v) is 7.66. The van der Waals surface area contributed by atoms with E-state index in [0.29, 0.717) is 5.56 Å². The van der Waals surface area contributed by atoms with Gasteiger partial charge in [0.15, 0.2) is 0 Å². The van der Waals surface area contributed by atoms with Gasteiger partial charge in [0.25, 0.3) is 5.91 Å². The topological polar surface area (TPSA) is 66.5 Å². The molecule has 0 aromatic heterocycles. The SMILES string of the molecule is CCc1ccc([C@@H](C)NS(=O)(=O)c2ccc(SC)c(C(=O)N3CCCC3)c2)cc1. The molecule has 0 unspecified atom stereocenters. The minimum atomic E-state index is -3.76. The van der Waals surface area contributed by atoms with Crippen LogP contribution in [0.5, 0.6) is 0 Å². The summed E-state index contributed by atoms with van der Waals surface area (Å²) >= 11 is 1.45. The molecule has 1 heterocycles. The molecule has 1 aliphatic heterocycles. The Labute approximate surface area is 177 Å². The molecule has 29 heavy (non-hydrogen) atoms. The number of likely N-dealkylation sites (tertiary alicyclic amines) is 1. The van der Waals surface area contributed by atoms with E-state index in [-0.39, 0.29) is 16.8 Å². The number of carbonyl (C=O) groups is 1. The van der Waals surface area contributed by atoms with E-state index in [9.17, 15) is 13.2 Å². The van der Waals surface area contributed by atoms with Crippen molar-refractivity contribution in [2.45, 2.75) is 48.9 Å². The molecule has 1 N–H and O–H groups in total. The van der Waals surface area contributed by atoms with Gasteiger partial charge in [0, 0.05) is 24.0 Å². The van der Waals surface area contributed by atoms with E-state index in [1.807, 2.05) is 37.4 Å². The van der Waals surface area contributed by atoms with Gasteiger partial charge in [0.1, 0.15) is 0 Å². The van der Waals surface area contributed by atoms with E-state index < -0.39 is 10.0 Å². The van der Waals surface area contributed by atoms with Crippen LogP contribution in [0.15, 0.2) is 52.3 Å². The Kier molecular flexibility index (Phi) is 7.03. The largest absolute Gasteiger partial charge is 0.339 e. The fraction of sp³-hybridized carbons (Fsp3) is 0.409. The smallest absolute Gasteiger partial charge is 0.255 e. The number of thioether (sulfide) groups is 1. The van der Waals surface area contributed by atoms with Crippen molar-refractivity contribution in [2.24, 2.45) is 0 Å². The van der Waals surface area contributed by atoms with E-state index in [0.717, 1.165) is 42.8 Å². The number of benzene rings is 2. The van der Waals surface area contributed by atoms with Crippen molar-refractivity contribution in [3.8, 4) is 0 Å². The zero-order valence-electron chi connectivity index (χ0n) is 17.1. The van der Waals surface area contributed by atoms with Crippen LogP contribution < -0.4 is 4.72 Å². The summed E-state index contributed by atoms with van der Waals surface area (Å²) in [4.78, 5) is 15.6. The van der Waals surface area contributed by atoms with Gasteiger partial charge in [-0.2, -0.15) is 0 Å². The van der Waals surface area contributed by atoms with Gasteiger partial charge in [0.05, 0.1) is 10.5 Å². The Hall–Kier alpha value is -1.83. The van der Waals surface area contributed by atoms with Crippen LogP contribution >= 0.6 is 11.8 Å². The van der Waals surface area contributed by atoms with Crippen LogP contribution in [0, 0.1) is 0 Å². The van der Waals surface area contributed by atoms with Gasteiger partial charge in [-0.05, 0) is 61.8 Å². The number of carbonyl (C=O) groups excluding carboxylic acids is 1. The predicted octanol–water partition coefficient (Wildman–Crippen LogP) is 4.25. The van der Waals surface area contributed by atoms with E-state index >= 15 is 0 Å². The molecule has 0 saturated carbocycles. The Balaban J connectivity index is 1.85. The molecule has 0 radical (unpaired) electrons.